The van der Waals surface area contributed by atoms with Crippen LogP contribution in [0.15, 0.2) is 18.2 Å². The van der Waals surface area contributed by atoms with Gasteiger partial charge in [-0.2, -0.15) is 8.42 Å². The fraction of sp³-hybridized carbons (Fsp3) is 0.412. The maximum Gasteiger partial charge on any atom is 0.355 e. The van der Waals surface area contributed by atoms with Crippen LogP contribution in [0.1, 0.15) is 41.4 Å². The van der Waals surface area contributed by atoms with E-state index in [-0.39, 0.29) is 24.7 Å². The Morgan fingerprint density at radius 1 is 1.27 bits per heavy atom. The summed E-state index contributed by atoms with van der Waals surface area (Å²) in [7, 11) is -2.93. The van der Waals surface area contributed by atoms with Gasteiger partial charge in [0, 0.05) is 11.8 Å². The molecule has 0 unspecified atom stereocenters. The number of benzene rings is 1. The molecule has 0 saturated carbocycles. The van der Waals surface area contributed by atoms with E-state index in [1.54, 1.807) is 25.1 Å². The highest BCUT2D eigenvalue weighted by Crippen LogP contribution is 2.28. The second-order valence-corrected chi connectivity index (χ2v) is 7.15. The second kappa shape index (κ2) is 8.33. The predicted octanol–water partition coefficient (Wildman–Crippen LogP) is 2.23. The molecule has 9 heteroatoms. The molecule has 2 rings (SSSR count). The molecule has 0 aliphatic carbocycles. The first-order valence-electron chi connectivity index (χ1n) is 8.08. The van der Waals surface area contributed by atoms with Gasteiger partial charge in [-0.15, -0.1) is 0 Å². The van der Waals surface area contributed by atoms with Gasteiger partial charge in [-0.3, -0.25) is 9.35 Å². The Hall–Kier alpha value is -2.39. The van der Waals surface area contributed by atoms with E-state index in [4.69, 9.17) is 9.29 Å². The predicted molar refractivity (Wildman–Crippen MR) is 94.5 cm³/mol. The van der Waals surface area contributed by atoms with Crippen molar-refractivity contribution in [1.82, 2.24) is 4.98 Å². The number of methoxy groups -OCH3 is 1. The summed E-state index contributed by atoms with van der Waals surface area (Å²) in [6.07, 6.45) is 1.04. The number of carbonyl (C=O) groups excluding carboxylic acids is 2. The lowest BCUT2D eigenvalue weighted by molar-refractivity contribution is -0.140. The first-order chi connectivity index (χ1) is 12.3. The highest BCUT2D eigenvalue weighted by Gasteiger charge is 2.21. The molecule has 0 amide bonds. The molecule has 0 saturated heterocycles. The molecule has 0 aliphatic rings. The van der Waals surface area contributed by atoms with E-state index >= 15 is 0 Å². The Morgan fingerprint density at radius 3 is 2.62 bits per heavy atom. The zero-order valence-corrected chi connectivity index (χ0v) is 15.4. The number of aromatic amines is 1. The van der Waals surface area contributed by atoms with Crippen LogP contribution in [0.4, 0.5) is 0 Å². The SMILES string of the molecule is CCOC(=O)c1[nH]c2c(CS(=O)(=O)O)cccc2c1CCCC(=O)OC. The van der Waals surface area contributed by atoms with E-state index in [0.29, 0.717) is 34.9 Å². The number of H-pyrrole nitrogens is 1. The number of rotatable bonds is 8. The number of fused-ring (bicyclic) bond motifs is 1. The summed E-state index contributed by atoms with van der Waals surface area (Å²) in [4.78, 5) is 26.5. The first-order valence-corrected chi connectivity index (χ1v) is 9.69. The molecule has 26 heavy (non-hydrogen) atoms. The van der Waals surface area contributed by atoms with Crippen molar-refractivity contribution in [3.63, 3.8) is 0 Å². The van der Waals surface area contributed by atoms with E-state index in [1.807, 2.05) is 0 Å². The molecule has 0 spiro atoms. The number of hydrogen-bond donors (Lipinski definition) is 2. The van der Waals surface area contributed by atoms with Crippen LogP contribution in [0.2, 0.25) is 0 Å². The molecule has 1 heterocycles. The van der Waals surface area contributed by atoms with Crippen molar-refractivity contribution in [2.24, 2.45) is 0 Å². The Bertz CT molecular complexity index is 915. The third-order valence-corrected chi connectivity index (χ3v) is 4.56. The van der Waals surface area contributed by atoms with E-state index in [0.717, 1.165) is 0 Å². The van der Waals surface area contributed by atoms with E-state index in [2.05, 4.69) is 9.72 Å². The number of carbonyl (C=O) groups is 2. The number of hydrogen-bond acceptors (Lipinski definition) is 6. The molecule has 1 aromatic carbocycles. The van der Waals surface area contributed by atoms with E-state index in [9.17, 15) is 18.0 Å². The fourth-order valence-electron chi connectivity index (χ4n) is 2.80. The standard InChI is InChI=1S/C17H21NO7S/c1-3-25-17(20)16-13(8-5-9-14(19)24-2)12-7-4-6-11(15(12)18-16)10-26(21,22)23/h4,6-7,18H,3,5,8-10H2,1-2H3,(H,21,22,23). The summed E-state index contributed by atoms with van der Waals surface area (Å²) in [6.45, 7) is 1.87. The van der Waals surface area contributed by atoms with Gasteiger partial charge in [0.25, 0.3) is 10.1 Å². The van der Waals surface area contributed by atoms with Crippen molar-refractivity contribution in [2.75, 3.05) is 13.7 Å². The third kappa shape index (κ3) is 4.83. The van der Waals surface area contributed by atoms with Crippen LogP contribution in [0, 0.1) is 0 Å². The molecule has 0 bridgehead atoms. The maximum absolute atomic E-state index is 12.3. The van der Waals surface area contributed by atoms with Crippen molar-refractivity contribution in [1.29, 1.82) is 0 Å². The summed E-state index contributed by atoms with van der Waals surface area (Å²) in [5, 5.41) is 0.652. The van der Waals surface area contributed by atoms with Crippen LogP contribution in [-0.4, -0.2) is 43.6 Å². The Balaban J connectivity index is 2.48. The molecule has 0 atom stereocenters. The van der Waals surface area contributed by atoms with Crippen LogP contribution < -0.4 is 0 Å². The molecule has 2 aromatic rings. The monoisotopic (exact) mass is 383 g/mol. The van der Waals surface area contributed by atoms with Crippen LogP contribution in [0.5, 0.6) is 0 Å². The molecule has 1 aromatic heterocycles. The van der Waals surface area contributed by atoms with Crippen molar-refractivity contribution >= 4 is 33.0 Å². The average molecular weight is 383 g/mol. The minimum absolute atomic E-state index is 0.188. The summed E-state index contributed by atoms with van der Waals surface area (Å²) in [5.74, 6) is -1.49. The van der Waals surface area contributed by atoms with Gasteiger partial charge in [0.2, 0.25) is 0 Å². The summed E-state index contributed by atoms with van der Waals surface area (Å²) < 4.78 is 41.3. The van der Waals surface area contributed by atoms with Crippen molar-refractivity contribution < 1.29 is 32.0 Å². The number of nitrogens with one attached hydrogen (secondary N) is 1. The number of aromatic nitrogens is 1. The molecule has 2 N–H and O–H groups in total. The lowest BCUT2D eigenvalue weighted by Crippen LogP contribution is -2.08. The quantitative estimate of drug-likeness (QED) is 0.529. The van der Waals surface area contributed by atoms with Gasteiger partial charge < -0.3 is 14.5 Å². The topological polar surface area (TPSA) is 123 Å². The van der Waals surface area contributed by atoms with Crippen molar-refractivity contribution in [3.05, 3.63) is 35.0 Å². The molecular weight excluding hydrogens is 362 g/mol. The normalized spacial score (nSPS) is 11.5. The van der Waals surface area contributed by atoms with Gasteiger partial charge in [0.15, 0.2) is 0 Å². The highest BCUT2D eigenvalue weighted by atomic mass is 32.2. The van der Waals surface area contributed by atoms with Gasteiger partial charge in [-0.25, -0.2) is 4.79 Å². The Kier molecular flexibility index (Phi) is 6.38. The molecule has 0 radical (unpaired) electrons. The summed E-state index contributed by atoms with van der Waals surface area (Å²) in [6, 6.07) is 4.95. The molecule has 142 valence electrons. The Labute approximate surface area is 151 Å². The van der Waals surface area contributed by atoms with Crippen LogP contribution >= 0.6 is 0 Å². The van der Waals surface area contributed by atoms with Gasteiger partial charge >= 0.3 is 11.9 Å². The molecular formula is C17H21NO7S. The number of para-hydroxylation sites is 1. The van der Waals surface area contributed by atoms with Crippen molar-refractivity contribution in [2.45, 2.75) is 31.9 Å². The van der Waals surface area contributed by atoms with Crippen LogP contribution in [0.3, 0.4) is 0 Å². The fourth-order valence-corrected chi connectivity index (χ4v) is 3.43. The largest absolute Gasteiger partial charge is 0.469 e. The average Bonchev–Trinajstić information content (AvgIpc) is 2.93. The van der Waals surface area contributed by atoms with Gasteiger partial charge in [-0.05, 0) is 30.9 Å². The maximum atomic E-state index is 12.3. The molecule has 8 nitrogen and oxygen atoms in total. The zero-order valence-electron chi connectivity index (χ0n) is 14.6. The van der Waals surface area contributed by atoms with Gasteiger partial charge in [-0.1, -0.05) is 18.2 Å². The number of ether oxygens (including phenoxy) is 2. The van der Waals surface area contributed by atoms with E-state index in [1.165, 1.54) is 7.11 Å². The summed E-state index contributed by atoms with van der Waals surface area (Å²) in [5.41, 5.74) is 1.64. The first kappa shape index (κ1) is 19.9. The van der Waals surface area contributed by atoms with Gasteiger partial charge in [0.05, 0.1) is 19.2 Å². The van der Waals surface area contributed by atoms with E-state index < -0.39 is 21.8 Å². The lowest BCUT2D eigenvalue weighted by Gasteiger charge is -2.05. The van der Waals surface area contributed by atoms with Crippen LogP contribution in [0.25, 0.3) is 10.9 Å². The smallest absolute Gasteiger partial charge is 0.355 e. The Morgan fingerprint density at radius 2 is 2.00 bits per heavy atom. The minimum atomic E-state index is -4.23. The highest BCUT2D eigenvalue weighted by molar-refractivity contribution is 7.85. The summed E-state index contributed by atoms with van der Waals surface area (Å²) >= 11 is 0. The molecule has 0 aliphatic heterocycles. The van der Waals surface area contributed by atoms with Gasteiger partial charge in [0.1, 0.15) is 11.4 Å². The minimum Gasteiger partial charge on any atom is -0.469 e. The number of aryl methyl sites for hydroxylation is 1. The lowest BCUT2D eigenvalue weighted by atomic mass is 10.0. The third-order valence-electron chi connectivity index (χ3n) is 3.88. The number of esters is 2. The van der Waals surface area contributed by atoms with Crippen LogP contribution in [-0.2, 0) is 36.6 Å². The van der Waals surface area contributed by atoms with Crippen molar-refractivity contribution in [3.8, 4) is 0 Å². The zero-order chi connectivity index (χ0) is 19.3. The molecule has 0 fully saturated rings. The second-order valence-electron chi connectivity index (χ2n) is 5.69.